The lowest BCUT2D eigenvalue weighted by atomic mass is 10.2. The summed E-state index contributed by atoms with van der Waals surface area (Å²) >= 11 is 1.35. The van der Waals surface area contributed by atoms with Crippen molar-refractivity contribution in [3.8, 4) is 0 Å². The molecule has 0 saturated heterocycles. The number of hydrogen-bond acceptors (Lipinski definition) is 5. The summed E-state index contributed by atoms with van der Waals surface area (Å²) in [6, 6.07) is 3.52. The second-order valence-electron chi connectivity index (χ2n) is 3.25. The number of hydrogen-bond donors (Lipinski definition) is 3. The molecule has 5 heteroatoms. The van der Waals surface area contributed by atoms with E-state index in [1.165, 1.54) is 11.8 Å². The summed E-state index contributed by atoms with van der Waals surface area (Å²) in [5.41, 5.74) is 0.797. The summed E-state index contributed by atoms with van der Waals surface area (Å²) in [6.07, 6.45) is 0.373. The minimum atomic E-state index is -0.730. The van der Waals surface area contributed by atoms with Gasteiger partial charge in [0.25, 0.3) is 0 Å². The van der Waals surface area contributed by atoms with E-state index in [1.54, 1.807) is 25.3 Å². The summed E-state index contributed by atoms with van der Waals surface area (Å²) in [5, 5.41) is 27.9. The summed E-state index contributed by atoms with van der Waals surface area (Å²) < 4.78 is 0. The van der Waals surface area contributed by atoms with Gasteiger partial charge >= 0.3 is 0 Å². The van der Waals surface area contributed by atoms with Crippen molar-refractivity contribution in [3.63, 3.8) is 0 Å². The number of aliphatic hydroxyl groups excluding tert-OH is 3. The average molecular weight is 229 g/mol. The topological polar surface area (TPSA) is 73.6 Å². The summed E-state index contributed by atoms with van der Waals surface area (Å²) in [6.45, 7) is 1.44. The summed E-state index contributed by atoms with van der Waals surface area (Å²) in [7, 11) is 0. The van der Waals surface area contributed by atoms with Gasteiger partial charge in [0.05, 0.1) is 23.8 Å². The van der Waals surface area contributed by atoms with Gasteiger partial charge in [-0.15, -0.1) is 11.8 Å². The van der Waals surface area contributed by atoms with Crippen molar-refractivity contribution < 1.29 is 15.3 Å². The average Bonchev–Trinajstić information content (AvgIpc) is 2.26. The van der Waals surface area contributed by atoms with E-state index in [0.717, 1.165) is 10.6 Å². The summed E-state index contributed by atoms with van der Waals surface area (Å²) in [5.74, 6) is 0.396. The highest BCUT2D eigenvalue weighted by atomic mass is 32.2. The Hall–Kier alpha value is -0.620. The first kappa shape index (κ1) is 12.4. The molecule has 1 aromatic rings. The van der Waals surface area contributed by atoms with Gasteiger partial charge in [0.1, 0.15) is 0 Å². The molecule has 2 atom stereocenters. The largest absolute Gasteiger partial charge is 0.394 e. The zero-order chi connectivity index (χ0) is 11.3. The molecule has 84 valence electrons. The minimum Gasteiger partial charge on any atom is -0.394 e. The van der Waals surface area contributed by atoms with Crippen LogP contribution >= 0.6 is 11.8 Å². The molecule has 0 bridgehead atoms. The third-order valence-corrected chi connectivity index (χ3v) is 2.95. The normalized spacial score (nSPS) is 14.9. The van der Waals surface area contributed by atoms with E-state index < -0.39 is 12.2 Å². The van der Waals surface area contributed by atoms with Crippen molar-refractivity contribution in [2.24, 2.45) is 0 Å². The number of rotatable bonds is 5. The Morgan fingerprint density at radius 1 is 1.47 bits per heavy atom. The fourth-order valence-electron chi connectivity index (χ4n) is 0.998. The lowest BCUT2D eigenvalue weighted by molar-refractivity contribution is 0.113. The molecule has 0 amide bonds. The van der Waals surface area contributed by atoms with E-state index in [2.05, 4.69) is 4.98 Å². The number of pyridine rings is 1. The van der Waals surface area contributed by atoms with Gasteiger partial charge in [-0.05, 0) is 24.6 Å². The molecule has 1 heterocycles. The van der Waals surface area contributed by atoms with Crippen LogP contribution in [-0.4, -0.2) is 38.8 Å². The van der Waals surface area contributed by atoms with Crippen LogP contribution in [0.25, 0.3) is 0 Å². The second-order valence-corrected chi connectivity index (χ2v) is 4.29. The Bertz CT molecular complexity index is 306. The predicted octanol–water partition coefficient (Wildman–Crippen LogP) is 0.580. The lowest BCUT2D eigenvalue weighted by Crippen LogP contribution is -2.14. The Morgan fingerprint density at radius 2 is 2.20 bits per heavy atom. The molecule has 0 aromatic carbocycles. The van der Waals surface area contributed by atoms with E-state index in [1.807, 2.05) is 0 Å². The first-order chi connectivity index (χ1) is 7.13. The van der Waals surface area contributed by atoms with Crippen molar-refractivity contribution in [1.82, 2.24) is 4.98 Å². The quantitative estimate of drug-likeness (QED) is 0.644. The standard InChI is InChI=1S/C10H15NO3S/c1-7(13)8-2-3-11-10(4-8)15-6-9(14)5-12/h2-4,7,9,12-14H,5-6H2,1H3/t7-,9?/m1/s1. The van der Waals surface area contributed by atoms with Crippen LogP contribution < -0.4 is 0 Å². The molecule has 0 aliphatic heterocycles. The number of aromatic nitrogens is 1. The van der Waals surface area contributed by atoms with Crippen LogP contribution in [0.2, 0.25) is 0 Å². The van der Waals surface area contributed by atoms with Gasteiger partial charge in [-0.1, -0.05) is 0 Å². The fraction of sp³-hybridized carbons (Fsp3) is 0.500. The van der Waals surface area contributed by atoms with Gasteiger partial charge in [0.15, 0.2) is 0 Å². The van der Waals surface area contributed by atoms with E-state index in [9.17, 15) is 5.11 Å². The van der Waals surface area contributed by atoms with E-state index in [0.29, 0.717) is 5.75 Å². The van der Waals surface area contributed by atoms with E-state index in [-0.39, 0.29) is 6.61 Å². The molecule has 4 nitrogen and oxygen atoms in total. The molecule has 1 unspecified atom stereocenters. The maximum absolute atomic E-state index is 9.35. The van der Waals surface area contributed by atoms with Gasteiger partial charge in [0, 0.05) is 11.9 Å². The van der Waals surface area contributed by atoms with Gasteiger partial charge in [0.2, 0.25) is 0 Å². The highest BCUT2D eigenvalue weighted by Gasteiger charge is 2.06. The monoisotopic (exact) mass is 229 g/mol. The number of aliphatic hydroxyl groups is 3. The maximum atomic E-state index is 9.35. The van der Waals surface area contributed by atoms with Crippen molar-refractivity contribution >= 4 is 11.8 Å². The molecule has 0 radical (unpaired) electrons. The Kier molecular flexibility index (Phi) is 5.04. The van der Waals surface area contributed by atoms with Crippen LogP contribution in [0.5, 0.6) is 0 Å². The lowest BCUT2D eigenvalue weighted by Gasteiger charge is -2.08. The zero-order valence-corrected chi connectivity index (χ0v) is 9.31. The molecule has 0 aliphatic rings. The second kappa shape index (κ2) is 6.07. The molecular formula is C10H15NO3S. The van der Waals surface area contributed by atoms with Crippen molar-refractivity contribution in [1.29, 1.82) is 0 Å². The number of thioether (sulfide) groups is 1. The van der Waals surface area contributed by atoms with Gasteiger partial charge < -0.3 is 15.3 Å². The highest BCUT2D eigenvalue weighted by Crippen LogP contribution is 2.20. The van der Waals surface area contributed by atoms with Crippen LogP contribution in [0.1, 0.15) is 18.6 Å². The molecule has 15 heavy (non-hydrogen) atoms. The molecule has 0 saturated carbocycles. The highest BCUT2D eigenvalue weighted by molar-refractivity contribution is 7.99. The van der Waals surface area contributed by atoms with E-state index in [4.69, 9.17) is 10.2 Å². The van der Waals surface area contributed by atoms with Crippen molar-refractivity contribution in [3.05, 3.63) is 23.9 Å². The molecule has 3 N–H and O–H groups in total. The first-order valence-electron chi connectivity index (χ1n) is 4.69. The van der Waals surface area contributed by atoms with Crippen molar-refractivity contribution in [2.75, 3.05) is 12.4 Å². The maximum Gasteiger partial charge on any atom is 0.0964 e. The van der Waals surface area contributed by atoms with Crippen molar-refractivity contribution in [2.45, 2.75) is 24.2 Å². The Morgan fingerprint density at radius 3 is 2.80 bits per heavy atom. The zero-order valence-electron chi connectivity index (χ0n) is 8.50. The molecule has 1 rings (SSSR count). The Labute approximate surface area is 93.0 Å². The molecular weight excluding hydrogens is 214 g/mol. The Balaban J connectivity index is 2.58. The van der Waals surface area contributed by atoms with Gasteiger partial charge in [-0.3, -0.25) is 0 Å². The first-order valence-corrected chi connectivity index (χ1v) is 5.67. The van der Waals surface area contributed by atoms with Crippen LogP contribution in [0.15, 0.2) is 23.4 Å². The fourth-order valence-corrected chi connectivity index (χ4v) is 1.82. The SMILES string of the molecule is C[C@@H](O)c1ccnc(SCC(O)CO)c1. The molecule has 0 spiro atoms. The minimum absolute atomic E-state index is 0.247. The van der Waals surface area contributed by atoms with Gasteiger partial charge in [-0.2, -0.15) is 0 Å². The third kappa shape index (κ3) is 4.17. The smallest absolute Gasteiger partial charge is 0.0964 e. The third-order valence-electron chi connectivity index (χ3n) is 1.88. The molecule has 0 aliphatic carbocycles. The van der Waals surface area contributed by atoms with Crippen LogP contribution in [-0.2, 0) is 0 Å². The van der Waals surface area contributed by atoms with Crippen LogP contribution in [0.3, 0.4) is 0 Å². The number of nitrogens with zero attached hydrogens (tertiary/aromatic N) is 1. The van der Waals surface area contributed by atoms with Crippen LogP contribution in [0, 0.1) is 0 Å². The van der Waals surface area contributed by atoms with Crippen LogP contribution in [0.4, 0.5) is 0 Å². The predicted molar refractivity (Wildman–Crippen MR) is 58.7 cm³/mol. The molecule has 1 aromatic heterocycles. The van der Waals surface area contributed by atoms with E-state index >= 15 is 0 Å². The molecule has 0 fully saturated rings. The van der Waals surface area contributed by atoms with Gasteiger partial charge in [-0.25, -0.2) is 4.98 Å². The summed E-state index contributed by atoms with van der Waals surface area (Å²) in [4.78, 5) is 4.09.